The third-order valence-corrected chi connectivity index (χ3v) is 2.13. The highest BCUT2D eigenvalue weighted by atomic mass is 79.9. The lowest BCUT2D eigenvalue weighted by atomic mass is 10.5. The van der Waals surface area contributed by atoms with Crippen molar-refractivity contribution in [3.05, 3.63) is 10.8 Å². The largest absolute Gasteiger partial charge is 0.405 e. The second-order valence-corrected chi connectivity index (χ2v) is 3.29. The number of halogens is 4. The van der Waals surface area contributed by atoms with Gasteiger partial charge in [-0.3, -0.25) is 0 Å². The van der Waals surface area contributed by atoms with Crippen molar-refractivity contribution >= 4 is 27.6 Å². The molecule has 0 saturated heterocycles. The first kappa shape index (κ1) is 12.0. The predicted octanol–water partition coefficient (Wildman–Crippen LogP) is 1.50. The van der Waals surface area contributed by atoms with Gasteiger partial charge in [-0.15, -0.1) is 0 Å². The molecule has 4 N–H and O–H groups in total. The molecule has 84 valence electrons. The van der Waals surface area contributed by atoms with E-state index in [4.69, 9.17) is 5.84 Å². The summed E-state index contributed by atoms with van der Waals surface area (Å²) in [6, 6.07) is 0. The number of aromatic nitrogens is 2. The number of hydrazine groups is 1. The maximum absolute atomic E-state index is 11.9. The normalized spacial score (nSPS) is 11.3. The number of anilines is 2. The minimum absolute atomic E-state index is 0.0234. The van der Waals surface area contributed by atoms with Crippen LogP contribution in [-0.2, 0) is 0 Å². The lowest BCUT2D eigenvalue weighted by molar-refractivity contribution is -0.115. The summed E-state index contributed by atoms with van der Waals surface area (Å²) in [6.07, 6.45) is -3.21. The molecule has 1 aromatic heterocycles. The van der Waals surface area contributed by atoms with Gasteiger partial charge in [0.2, 0.25) is 0 Å². The second-order valence-electron chi connectivity index (χ2n) is 2.50. The van der Waals surface area contributed by atoms with E-state index in [1.165, 1.54) is 0 Å². The van der Waals surface area contributed by atoms with Crippen LogP contribution in [-0.4, -0.2) is 22.7 Å². The standard InChI is InChI=1S/C6H7BrF3N5/c7-3-4(12-1-6(8,9)10)13-2-14-5(3)15-11/h2H,1,11H2,(H2,12,13,14,15). The van der Waals surface area contributed by atoms with Crippen LogP contribution in [0.4, 0.5) is 24.8 Å². The van der Waals surface area contributed by atoms with E-state index >= 15 is 0 Å². The highest BCUT2D eigenvalue weighted by molar-refractivity contribution is 9.10. The molecule has 0 spiro atoms. The zero-order valence-corrected chi connectivity index (χ0v) is 8.85. The maximum Gasteiger partial charge on any atom is 0.405 e. The first-order valence-corrected chi connectivity index (χ1v) is 4.51. The molecule has 15 heavy (non-hydrogen) atoms. The Hall–Kier alpha value is -1.09. The SMILES string of the molecule is NNc1ncnc(NCC(F)(F)F)c1Br. The Balaban J connectivity index is 2.78. The van der Waals surface area contributed by atoms with Crippen molar-refractivity contribution in [2.75, 3.05) is 17.3 Å². The summed E-state index contributed by atoms with van der Waals surface area (Å²) in [4.78, 5) is 7.31. The smallest absolute Gasteiger partial charge is 0.360 e. The molecule has 0 unspecified atom stereocenters. The summed E-state index contributed by atoms with van der Waals surface area (Å²) in [7, 11) is 0. The molecule has 9 heteroatoms. The summed E-state index contributed by atoms with van der Waals surface area (Å²) in [5, 5.41) is 2.11. The van der Waals surface area contributed by atoms with E-state index in [0.717, 1.165) is 6.33 Å². The number of hydrogen-bond acceptors (Lipinski definition) is 5. The highest BCUT2D eigenvalue weighted by Crippen LogP contribution is 2.26. The van der Waals surface area contributed by atoms with Gasteiger partial charge in [0.1, 0.15) is 23.2 Å². The van der Waals surface area contributed by atoms with Gasteiger partial charge in [-0.05, 0) is 15.9 Å². The van der Waals surface area contributed by atoms with E-state index < -0.39 is 12.7 Å². The number of alkyl halides is 3. The van der Waals surface area contributed by atoms with E-state index in [9.17, 15) is 13.2 Å². The molecule has 0 aliphatic carbocycles. The van der Waals surface area contributed by atoms with Crippen molar-refractivity contribution in [1.29, 1.82) is 0 Å². The second kappa shape index (κ2) is 4.62. The number of nitrogens with two attached hydrogens (primary N) is 1. The van der Waals surface area contributed by atoms with Crippen LogP contribution < -0.4 is 16.6 Å². The highest BCUT2D eigenvalue weighted by Gasteiger charge is 2.27. The van der Waals surface area contributed by atoms with Crippen molar-refractivity contribution in [1.82, 2.24) is 9.97 Å². The van der Waals surface area contributed by atoms with Gasteiger partial charge in [0.05, 0.1) is 0 Å². The molecular weight excluding hydrogens is 279 g/mol. The van der Waals surface area contributed by atoms with E-state index in [0.29, 0.717) is 0 Å². The van der Waals surface area contributed by atoms with Crippen LogP contribution in [0.3, 0.4) is 0 Å². The fourth-order valence-electron chi connectivity index (χ4n) is 0.778. The van der Waals surface area contributed by atoms with Crippen LogP contribution in [0.5, 0.6) is 0 Å². The van der Waals surface area contributed by atoms with E-state index in [-0.39, 0.29) is 16.1 Å². The minimum Gasteiger partial charge on any atom is -0.360 e. The average molecular weight is 286 g/mol. The van der Waals surface area contributed by atoms with Crippen molar-refractivity contribution in [2.45, 2.75) is 6.18 Å². The van der Waals surface area contributed by atoms with E-state index in [1.807, 2.05) is 0 Å². The van der Waals surface area contributed by atoms with Gasteiger partial charge in [-0.2, -0.15) is 13.2 Å². The number of nitrogen functional groups attached to an aromatic ring is 1. The lowest BCUT2D eigenvalue weighted by Crippen LogP contribution is -2.22. The van der Waals surface area contributed by atoms with Gasteiger partial charge in [0.15, 0.2) is 5.82 Å². The monoisotopic (exact) mass is 285 g/mol. The maximum atomic E-state index is 11.9. The Morgan fingerprint density at radius 1 is 1.33 bits per heavy atom. The van der Waals surface area contributed by atoms with Crippen LogP contribution in [0, 0.1) is 0 Å². The molecule has 0 aliphatic heterocycles. The molecule has 1 aromatic rings. The number of rotatable bonds is 3. The molecule has 1 rings (SSSR count). The molecule has 5 nitrogen and oxygen atoms in total. The third-order valence-electron chi connectivity index (χ3n) is 1.38. The van der Waals surface area contributed by atoms with Crippen molar-refractivity contribution in [3.63, 3.8) is 0 Å². The summed E-state index contributed by atoms with van der Waals surface area (Å²) in [5.41, 5.74) is 2.21. The average Bonchev–Trinajstić information content (AvgIpc) is 2.15. The fourth-order valence-corrected chi connectivity index (χ4v) is 1.24. The number of hydrogen-bond donors (Lipinski definition) is 3. The third kappa shape index (κ3) is 3.51. The summed E-state index contributed by atoms with van der Waals surface area (Å²) in [5.74, 6) is 5.31. The van der Waals surface area contributed by atoms with Crippen LogP contribution in [0.2, 0.25) is 0 Å². The number of nitrogens with zero attached hydrogens (tertiary/aromatic N) is 2. The Morgan fingerprint density at radius 3 is 2.47 bits per heavy atom. The first-order valence-electron chi connectivity index (χ1n) is 3.72. The molecule has 0 bridgehead atoms. The van der Waals surface area contributed by atoms with Gasteiger partial charge in [0.25, 0.3) is 0 Å². The molecule has 0 fully saturated rings. The van der Waals surface area contributed by atoms with Crippen molar-refractivity contribution < 1.29 is 13.2 Å². The fraction of sp³-hybridized carbons (Fsp3) is 0.333. The zero-order chi connectivity index (χ0) is 11.5. The van der Waals surface area contributed by atoms with E-state index in [2.05, 4.69) is 36.6 Å². The van der Waals surface area contributed by atoms with Gasteiger partial charge in [0, 0.05) is 0 Å². The van der Waals surface area contributed by atoms with Gasteiger partial charge < -0.3 is 10.7 Å². The molecule has 0 aromatic carbocycles. The minimum atomic E-state index is -4.30. The topological polar surface area (TPSA) is 75.9 Å². The molecule has 0 aliphatic rings. The zero-order valence-electron chi connectivity index (χ0n) is 7.27. The Morgan fingerprint density at radius 2 is 1.93 bits per heavy atom. The van der Waals surface area contributed by atoms with Gasteiger partial charge >= 0.3 is 6.18 Å². The Kier molecular flexibility index (Phi) is 3.69. The quantitative estimate of drug-likeness (QED) is 0.580. The summed E-state index contributed by atoms with van der Waals surface area (Å²) in [6.45, 7) is -1.17. The molecule has 0 amide bonds. The van der Waals surface area contributed by atoms with Crippen LogP contribution in [0.15, 0.2) is 10.8 Å². The van der Waals surface area contributed by atoms with Gasteiger partial charge in [-0.1, -0.05) is 0 Å². The van der Waals surface area contributed by atoms with Gasteiger partial charge in [-0.25, -0.2) is 15.8 Å². The van der Waals surface area contributed by atoms with Crippen LogP contribution >= 0.6 is 15.9 Å². The van der Waals surface area contributed by atoms with Crippen LogP contribution in [0.1, 0.15) is 0 Å². The van der Waals surface area contributed by atoms with Crippen molar-refractivity contribution in [2.24, 2.45) is 5.84 Å². The first-order chi connectivity index (χ1) is 6.94. The Labute approximate surface area is 91.4 Å². The van der Waals surface area contributed by atoms with Crippen LogP contribution in [0.25, 0.3) is 0 Å². The number of nitrogens with one attached hydrogen (secondary N) is 2. The lowest BCUT2D eigenvalue weighted by Gasteiger charge is -2.11. The molecular formula is C6H7BrF3N5. The predicted molar refractivity (Wildman–Crippen MR) is 52.1 cm³/mol. The summed E-state index contributed by atoms with van der Waals surface area (Å²) < 4.78 is 35.9. The molecule has 0 saturated carbocycles. The molecule has 0 radical (unpaired) electrons. The van der Waals surface area contributed by atoms with E-state index in [1.54, 1.807) is 0 Å². The molecule has 0 atom stereocenters. The van der Waals surface area contributed by atoms with Crippen molar-refractivity contribution in [3.8, 4) is 0 Å². The molecule has 1 heterocycles. The summed E-state index contributed by atoms with van der Waals surface area (Å²) >= 11 is 3.01. The Bertz CT molecular complexity index is 342.